The summed E-state index contributed by atoms with van der Waals surface area (Å²) < 4.78 is 0. The van der Waals surface area contributed by atoms with Crippen LogP contribution in [0.2, 0.25) is 0 Å². The number of aliphatic hydroxyl groups is 5. The maximum absolute atomic E-state index is 10.7. The molecule has 0 fully saturated rings. The molecule has 17 heavy (non-hydrogen) atoms. The molecule has 6 N–H and O–H groups in total. The van der Waals surface area contributed by atoms with Gasteiger partial charge >= 0.3 is 5.97 Å². The number of carboxylic acids is 1. The first kappa shape index (κ1) is 15.9. The SMILES string of the molecule is C[C@H](O)[C@H](O)[C@@H](O)[C@@H](O)[C@H](O)CC(=O)C(=O)O. The molecule has 5 atom stereocenters. The molecule has 0 aliphatic heterocycles. The summed E-state index contributed by atoms with van der Waals surface area (Å²) in [5.41, 5.74) is 0. The Hall–Kier alpha value is -1.06. The molecule has 0 spiro atoms. The normalized spacial score (nSPS) is 20.1. The highest BCUT2D eigenvalue weighted by molar-refractivity contribution is 6.32. The molecule has 8 heteroatoms. The van der Waals surface area contributed by atoms with Gasteiger partial charge in [-0.2, -0.15) is 0 Å². The molecule has 100 valence electrons. The molecule has 0 aliphatic carbocycles. The van der Waals surface area contributed by atoms with Crippen LogP contribution in [-0.2, 0) is 9.59 Å². The number of rotatable bonds is 7. The third-order valence-electron chi connectivity index (χ3n) is 2.22. The van der Waals surface area contributed by atoms with Gasteiger partial charge in [0.1, 0.15) is 18.3 Å². The van der Waals surface area contributed by atoms with E-state index in [1.165, 1.54) is 0 Å². The monoisotopic (exact) mass is 252 g/mol. The van der Waals surface area contributed by atoms with Gasteiger partial charge < -0.3 is 30.6 Å². The summed E-state index contributed by atoms with van der Waals surface area (Å²) in [4.78, 5) is 20.9. The molecule has 8 nitrogen and oxygen atoms in total. The number of carbonyl (C=O) groups is 2. The minimum atomic E-state index is -1.94. The first-order valence-electron chi connectivity index (χ1n) is 4.85. The summed E-state index contributed by atoms with van der Waals surface area (Å²) in [5, 5.41) is 54.2. The van der Waals surface area contributed by atoms with E-state index in [1.54, 1.807) is 0 Å². The van der Waals surface area contributed by atoms with Crippen molar-refractivity contribution < 1.29 is 40.2 Å². The van der Waals surface area contributed by atoms with E-state index in [2.05, 4.69) is 0 Å². The topological polar surface area (TPSA) is 156 Å². The van der Waals surface area contributed by atoms with Crippen molar-refractivity contribution in [3.8, 4) is 0 Å². The molecule has 0 amide bonds. The van der Waals surface area contributed by atoms with Crippen molar-refractivity contribution in [3.05, 3.63) is 0 Å². The minimum Gasteiger partial charge on any atom is -0.475 e. The van der Waals surface area contributed by atoms with E-state index >= 15 is 0 Å². The molecular formula is C9H16O8. The Labute approximate surface area is 96.7 Å². The first-order chi connectivity index (χ1) is 7.68. The van der Waals surface area contributed by atoms with Crippen molar-refractivity contribution in [1.29, 1.82) is 0 Å². The Morgan fingerprint density at radius 2 is 1.41 bits per heavy atom. The molecule has 0 aromatic heterocycles. The van der Waals surface area contributed by atoms with Crippen LogP contribution in [0.5, 0.6) is 0 Å². The van der Waals surface area contributed by atoms with Crippen molar-refractivity contribution in [2.75, 3.05) is 0 Å². The van der Waals surface area contributed by atoms with E-state index in [0.29, 0.717) is 0 Å². The number of hydrogen-bond acceptors (Lipinski definition) is 7. The Bertz CT molecular complexity index is 276. The van der Waals surface area contributed by atoms with Gasteiger partial charge in [-0.25, -0.2) is 4.79 Å². The molecule has 0 rings (SSSR count). The van der Waals surface area contributed by atoms with Crippen molar-refractivity contribution in [3.63, 3.8) is 0 Å². The van der Waals surface area contributed by atoms with Crippen molar-refractivity contribution in [2.45, 2.75) is 43.9 Å². The summed E-state index contributed by atoms with van der Waals surface area (Å²) in [7, 11) is 0. The Morgan fingerprint density at radius 1 is 0.941 bits per heavy atom. The molecule has 0 aromatic rings. The van der Waals surface area contributed by atoms with Gasteiger partial charge in [-0.1, -0.05) is 0 Å². The maximum Gasteiger partial charge on any atom is 0.372 e. The molecule has 0 heterocycles. The molecule has 0 bridgehead atoms. The summed E-state index contributed by atoms with van der Waals surface area (Å²) in [5.74, 6) is -3.11. The third kappa shape index (κ3) is 4.75. The highest BCUT2D eigenvalue weighted by atomic mass is 16.4. The van der Waals surface area contributed by atoms with Crippen LogP contribution in [0.3, 0.4) is 0 Å². The third-order valence-corrected chi connectivity index (χ3v) is 2.22. The standard InChI is InChI=1S/C9H16O8/c1-3(10)6(13)8(15)7(14)4(11)2-5(12)9(16)17/h3-4,6-8,10-11,13-15H,2H2,1H3,(H,16,17)/t3-,4+,6-,7-,8+/m0/s1. The number of hydrogen-bond donors (Lipinski definition) is 6. The van der Waals surface area contributed by atoms with E-state index in [1.807, 2.05) is 0 Å². The Kier molecular flexibility index (Phi) is 6.21. The van der Waals surface area contributed by atoms with Crippen LogP contribution in [0.25, 0.3) is 0 Å². The van der Waals surface area contributed by atoms with Crippen LogP contribution in [0.4, 0.5) is 0 Å². The van der Waals surface area contributed by atoms with Gasteiger partial charge in [0.15, 0.2) is 0 Å². The van der Waals surface area contributed by atoms with E-state index in [9.17, 15) is 30.0 Å². The molecule has 0 saturated heterocycles. The summed E-state index contributed by atoms with van der Waals surface area (Å²) in [6.07, 6.45) is -9.67. The second kappa shape index (κ2) is 6.62. The molecule has 0 saturated carbocycles. The number of Topliss-reactive ketones (excluding diaryl/α,β-unsaturated/α-hetero) is 1. The average molecular weight is 252 g/mol. The van der Waals surface area contributed by atoms with Gasteiger partial charge in [0.05, 0.1) is 12.2 Å². The highest BCUT2D eigenvalue weighted by Crippen LogP contribution is 2.10. The number of ketones is 1. The van der Waals surface area contributed by atoms with Gasteiger partial charge in [0.25, 0.3) is 0 Å². The predicted octanol–water partition coefficient (Wildman–Crippen LogP) is -3.15. The largest absolute Gasteiger partial charge is 0.475 e. The predicted molar refractivity (Wildman–Crippen MR) is 53.0 cm³/mol. The fourth-order valence-electron chi connectivity index (χ4n) is 1.11. The quantitative estimate of drug-likeness (QED) is 0.259. The molecule has 0 radical (unpaired) electrons. The van der Waals surface area contributed by atoms with Gasteiger partial charge in [-0.3, -0.25) is 4.79 Å². The molecular weight excluding hydrogens is 236 g/mol. The molecule has 0 unspecified atom stereocenters. The second-order valence-electron chi connectivity index (χ2n) is 3.71. The number of carbonyl (C=O) groups excluding carboxylic acids is 1. The van der Waals surface area contributed by atoms with Crippen LogP contribution in [0.15, 0.2) is 0 Å². The zero-order valence-corrected chi connectivity index (χ0v) is 9.09. The lowest BCUT2D eigenvalue weighted by Crippen LogP contribution is -2.49. The van der Waals surface area contributed by atoms with Crippen molar-refractivity contribution in [2.24, 2.45) is 0 Å². The van der Waals surface area contributed by atoms with Crippen molar-refractivity contribution >= 4 is 11.8 Å². The first-order valence-corrected chi connectivity index (χ1v) is 4.85. The van der Waals surface area contributed by atoms with Crippen LogP contribution in [0.1, 0.15) is 13.3 Å². The number of aliphatic hydroxyl groups excluding tert-OH is 5. The summed E-state index contributed by atoms with van der Waals surface area (Å²) in [6, 6.07) is 0. The van der Waals surface area contributed by atoms with Gasteiger partial charge in [0.2, 0.25) is 5.78 Å². The number of aliphatic carboxylic acids is 1. The zero-order chi connectivity index (χ0) is 13.7. The lowest BCUT2D eigenvalue weighted by Gasteiger charge is -2.27. The summed E-state index contributed by atoms with van der Waals surface area (Å²) in [6.45, 7) is 1.15. The van der Waals surface area contributed by atoms with Crippen LogP contribution in [0, 0.1) is 0 Å². The Balaban J connectivity index is 4.44. The van der Waals surface area contributed by atoms with Crippen LogP contribution >= 0.6 is 0 Å². The lowest BCUT2D eigenvalue weighted by molar-refractivity contribution is -0.154. The van der Waals surface area contributed by atoms with Crippen molar-refractivity contribution in [1.82, 2.24) is 0 Å². The molecule has 0 aliphatic rings. The van der Waals surface area contributed by atoms with Crippen LogP contribution in [-0.4, -0.2) is 72.9 Å². The smallest absolute Gasteiger partial charge is 0.372 e. The zero-order valence-electron chi connectivity index (χ0n) is 9.09. The Morgan fingerprint density at radius 3 is 1.76 bits per heavy atom. The van der Waals surface area contributed by atoms with E-state index in [-0.39, 0.29) is 0 Å². The van der Waals surface area contributed by atoms with E-state index in [4.69, 9.17) is 10.2 Å². The van der Waals surface area contributed by atoms with Gasteiger partial charge in [0, 0.05) is 6.42 Å². The average Bonchev–Trinajstić information content (AvgIpc) is 2.25. The maximum atomic E-state index is 10.7. The minimum absolute atomic E-state index is 0.903. The van der Waals surface area contributed by atoms with Gasteiger partial charge in [-0.15, -0.1) is 0 Å². The van der Waals surface area contributed by atoms with Gasteiger partial charge in [-0.05, 0) is 6.92 Å². The number of carboxylic acid groups (broad SMARTS) is 1. The highest BCUT2D eigenvalue weighted by Gasteiger charge is 2.34. The van der Waals surface area contributed by atoms with E-state index < -0.39 is 48.7 Å². The van der Waals surface area contributed by atoms with E-state index in [0.717, 1.165) is 6.92 Å². The molecule has 0 aromatic carbocycles. The fourth-order valence-corrected chi connectivity index (χ4v) is 1.11. The second-order valence-corrected chi connectivity index (χ2v) is 3.71. The van der Waals surface area contributed by atoms with Crippen LogP contribution < -0.4 is 0 Å². The lowest BCUT2D eigenvalue weighted by atomic mass is 9.97. The fraction of sp³-hybridized carbons (Fsp3) is 0.778. The summed E-state index contributed by atoms with van der Waals surface area (Å²) >= 11 is 0.